The van der Waals surface area contributed by atoms with Crippen LogP contribution >= 0.6 is 0 Å². The Bertz CT molecular complexity index is 1290. The van der Waals surface area contributed by atoms with Gasteiger partial charge in [-0.3, -0.25) is 19.3 Å². The average molecular weight is 486 g/mol. The first-order valence-corrected chi connectivity index (χ1v) is 12.2. The molecule has 184 valence electrons. The predicted octanol–water partition coefficient (Wildman–Crippen LogP) is 4.81. The van der Waals surface area contributed by atoms with Crippen molar-refractivity contribution in [1.82, 2.24) is 10.2 Å². The third kappa shape index (κ3) is 4.26. The number of nitrogens with zero attached hydrogens (tertiary/aromatic N) is 2. The first kappa shape index (κ1) is 23.7. The third-order valence-corrected chi connectivity index (χ3v) is 7.17. The third-order valence-electron chi connectivity index (χ3n) is 7.17. The SMILES string of the molecule is CC12CCC(=O)N1c1ccccc1C(=O)N2CCCC(=O)NC(c1ccccc1)c1ccc(F)cc1. The molecule has 3 amide bonds. The molecule has 0 saturated carbocycles. The minimum absolute atomic E-state index is 0.00481. The molecule has 7 heteroatoms. The van der Waals surface area contributed by atoms with Crippen molar-refractivity contribution in [3.63, 3.8) is 0 Å². The Morgan fingerprint density at radius 2 is 1.64 bits per heavy atom. The van der Waals surface area contributed by atoms with E-state index in [9.17, 15) is 18.8 Å². The van der Waals surface area contributed by atoms with E-state index >= 15 is 0 Å². The fourth-order valence-corrected chi connectivity index (χ4v) is 5.33. The standard InChI is InChI=1S/C29H28FN3O3/c1-29-18-17-26(35)33(29)24-11-6-5-10-23(24)28(36)32(29)19-7-12-25(34)31-27(20-8-3-2-4-9-20)21-13-15-22(30)16-14-21/h2-6,8-11,13-16,27H,7,12,17-19H2,1H3,(H,31,34). The van der Waals surface area contributed by atoms with E-state index in [1.54, 1.807) is 34.1 Å². The molecule has 0 aliphatic carbocycles. The van der Waals surface area contributed by atoms with Gasteiger partial charge in [-0.15, -0.1) is 0 Å². The molecule has 5 rings (SSSR count). The summed E-state index contributed by atoms with van der Waals surface area (Å²) in [4.78, 5) is 42.6. The highest BCUT2D eigenvalue weighted by molar-refractivity contribution is 6.10. The summed E-state index contributed by atoms with van der Waals surface area (Å²) in [6.45, 7) is 2.28. The molecule has 0 aromatic heterocycles. The zero-order chi connectivity index (χ0) is 25.3. The monoisotopic (exact) mass is 485 g/mol. The van der Waals surface area contributed by atoms with Crippen molar-refractivity contribution in [2.75, 3.05) is 11.4 Å². The number of fused-ring (bicyclic) bond motifs is 3. The summed E-state index contributed by atoms with van der Waals surface area (Å²) in [5.41, 5.74) is 2.11. The quantitative estimate of drug-likeness (QED) is 0.522. The molecule has 0 bridgehead atoms. The summed E-state index contributed by atoms with van der Waals surface area (Å²) in [7, 11) is 0. The fraction of sp³-hybridized carbons (Fsp3) is 0.276. The highest BCUT2D eigenvalue weighted by Crippen LogP contribution is 2.44. The van der Waals surface area contributed by atoms with Crippen LogP contribution in [0.5, 0.6) is 0 Å². The molecule has 2 heterocycles. The van der Waals surface area contributed by atoms with Gasteiger partial charge in [0.15, 0.2) is 0 Å². The number of amides is 3. The maximum Gasteiger partial charge on any atom is 0.257 e. The van der Waals surface area contributed by atoms with Crippen LogP contribution in [0.15, 0.2) is 78.9 Å². The lowest BCUT2D eigenvalue weighted by Gasteiger charge is -2.48. The fourth-order valence-electron chi connectivity index (χ4n) is 5.33. The van der Waals surface area contributed by atoms with Crippen LogP contribution in [0.25, 0.3) is 0 Å². The topological polar surface area (TPSA) is 69.7 Å². The molecule has 2 aliphatic rings. The Kier molecular flexibility index (Phi) is 6.31. The molecule has 2 atom stereocenters. The molecule has 0 spiro atoms. The van der Waals surface area contributed by atoms with Crippen molar-refractivity contribution in [2.45, 2.75) is 44.3 Å². The van der Waals surface area contributed by atoms with E-state index in [0.29, 0.717) is 37.1 Å². The van der Waals surface area contributed by atoms with Gasteiger partial charge in [0.05, 0.1) is 17.3 Å². The molecule has 36 heavy (non-hydrogen) atoms. The van der Waals surface area contributed by atoms with Crippen molar-refractivity contribution in [3.8, 4) is 0 Å². The van der Waals surface area contributed by atoms with E-state index in [2.05, 4.69) is 5.32 Å². The lowest BCUT2D eigenvalue weighted by Crippen LogP contribution is -2.62. The van der Waals surface area contributed by atoms with Crippen LogP contribution in [0, 0.1) is 5.82 Å². The van der Waals surface area contributed by atoms with Gasteiger partial charge in [-0.25, -0.2) is 4.39 Å². The molecule has 1 saturated heterocycles. The number of anilines is 1. The first-order chi connectivity index (χ1) is 17.4. The number of benzene rings is 3. The smallest absolute Gasteiger partial charge is 0.257 e. The first-order valence-electron chi connectivity index (χ1n) is 12.2. The molecule has 0 radical (unpaired) electrons. The Balaban J connectivity index is 1.29. The Morgan fingerprint density at radius 1 is 0.972 bits per heavy atom. The molecular formula is C29H28FN3O3. The number of carbonyl (C=O) groups is 3. The number of rotatable bonds is 7. The van der Waals surface area contributed by atoms with Crippen LogP contribution in [-0.4, -0.2) is 34.8 Å². The van der Waals surface area contributed by atoms with E-state index in [4.69, 9.17) is 0 Å². The number of halogens is 1. The van der Waals surface area contributed by atoms with Crippen molar-refractivity contribution in [3.05, 3.63) is 101 Å². The van der Waals surface area contributed by atoms with E-state index in [1.165, 1.54) is 12.1 Å². The van der Waals surface area contributed by atoms with Crippen LogP contribution in [0.1, 0.15) is 60.1 Å². The van der Waals surface area contributed by atoms with Gasteiger partial charge < -0.3 is 10.2 Å². The summed E-state index contributed by atoms with van der Waals surface area (Å²) in [6.07, 6.45) is 1.59. The number of para-hydroxylation sites is 1. The lowest BCUT2D eigenvalue weighted by atomic mass is 9.97. The van der Waals surface area contributed by atoms with Crippen molar-refractivity contribution < 1.29 is 18.8 Å². The highest BCUT2D eigenvalue weighted by atomic mass is 19.1. The van der Waals surface area contributed by atoms with E-state index in [0.717, 1.165) is 11.1 Å². The normalized spacial score (nSPS) is 19.6. The molecule has 3 aromatic carbocycles. The number of carbonyl (C=O) groups excluding carboxylic acids is 3. The van der Waals surface area contributed by atoms with Crippen molar-refractivity contribution >= 4 is 23.4 Å². The Morgan fingerprint density at radius 3 is 2.39 bits per heavy atom. The number of hydrogen-bond donors (Lipinski definition) is 1. The van der Waals surface area contributed by atoms with Gasteiger partial charge in [-0.1, -0.05) is 54.6 Å². The van der Waals surface area contributed by atoms with Crippen LogP contribution in [-0.2, 0) is 9.59 Å². The molecule has 2 unspecified atom stereocenters. The van der Waals surface area contributed by atoms with E-state index < -0.39 is 11.7 Å². The Hall–Kier alpha value is -4.00. The maximum atomic E-state index is 13.5. The van der Waals surface area contributed by atoms with Crippen molar-refractivity contribution in [2.24, 2.45) is 0 Å². The van der Waals surface area contributed by atoms with Gasteiger partial charge in [-0.05, 0) is 55.2 Å². The van der Waals surface area contributed by atoms with Gasteiger partial charge in [-0.2, -0.15) is 0 Å². The summed E-state index contributed by atoms with van der Waals surface area (Å²) in [6, 6.07) is 22.4. The maximum absolute atomic E-state index is 13.5. The summed E-state index contributed by atoms with van der Waals surface area (Å²) < 4.78 is 13.5. The van der Waals surface area contributed by atoms with Gasteiger partial charge >= 0.3 is 0 Å². The van der Waals surface area contributed by atoms with Gasteiger partial charge in [0.25, 0.3) is 5.91 Å². The second-order valence-electron chi connectivity index (χ2n) is 9.49. The van der Waals surface area contributed by atoms with Gasteiger partial charge in [0.2, 0.25) is 11.8 Å². The summed E-state index contributed by atoms with van der Waals surface area (Å²) in [5, 5.41) is 3.07. The second kappa shape index (κ2) is 9.57. The largest absolute Gasteiger partial charge is 0.345 e. The molecule has 6 nitrogen and oxygen atoms in total. The summed E-state index contributed by atoms with van der Waals surface area (Å²) >= 11 is 0. The minimum Gasteiger partial charge on any atom is -0.345 e. The van der Waals surface area contributed by atoms with Crippen LogP contribution in [0.2, 0.25) is 0 Å². The van der Waals surface area contributed by atoms with E-state index in [1.807, 2.05) is 49.4 Å². The molecular weight excluding hydrogens is 457 g/mol. The second-order valence-corrected chi connectivity index (χ2v) is 9.49. The molecule has 1 N–H and O–H groups in total. The number of nitrogens with one attached hydrogen (secondary N) is 1. The highest BCUT2D eigenvalue weighted by Gasteiger charge is 2.52. The van der Waals surface area contributed by atoms with E-state index in [-0.39, 0.29) is 30.0 Å². The summed E-state index contributed by atoms with van der Waals surface area (Å²) in [5.74, 6) is -0.613. The van der Waals surface area contributed by atoms with Gasteiger partial charge in [0, 0.05) is 19.4 Å². The zero-order valence-corrected chi connectivity index (χ0v) is 20.1. The number of hydrogen-bond acceptors (Lipinski definition) is 3. The Labute approximate surface area is 209 Å². The minimum atomic E-state index is -0.736. The molecule has 3 aromatic rings. The predicted molar refractivity (Wildman–Crippen MR) is 135 cm³/mol. The zero-order valence-electron chi connectivity index (χ0n) is 20.1. The molecule has 2 aliphatic heterocycles. The lowest BCUT2D eigenvalue weighted by molar-refractivity contribution is -0.122. The van der Waals surface area contributed by atoms with Crippen LogP contribution < -0.4 is 10.2 Å². The van der Waals surface area contributed by atoms with Crippen LogP contribution in [0.3, 0.4) is 0 Å². The van der Waals surface area contributed by atoms with Crippen LogP contribution in [0.4, 0.5) is 10.1 Å². The average Bonchev–Trinajstić information content (AvgIpc) is 3.20. The molecule has 1 fully saturated rings. The van der Waals surface area contributed by atoms with Gasteiger partial charge in [0.1, 0.15) is 11.5 Å². The van der Waals surface area contributed by atoms with Crippen molar-refractivity contribution in [1.29, 1.82) is 0 Å².